The van der Waals surface area contributed by atoms with Gasteiger partial charge in [0.1, 0.15) is 17.5 Å². The molecule has 0 spiro atoms. The fourth-order valence-electron chi connectivity index (χ4n) is 2.24. The first-order valence-electron chi connectivity index (χ1n) is 7.64. The highest BCUT2D eigenvalue weighted by Crippen LogP contribution is 2.26. The van der Waals surface area contributed by atoms with Crippen molar-refractivity contribution in [1.29, 1.82) is 0 Å². The first-order chi connectivity index (χ1) is 12.0. The number of aromatic nitrogens is 2. The molecule has 0 radical (unpaired) electrons. The molecule has 0 atom stereocenters. The number of halogens is 2. The topological polar surface area (TPSA) is 68.0 Å². The SMILES string of the molecule is Cc1ccc(NC(=O)CCc2ncc(-c3c(F)cccc3F)o2)nc1. The Hall–Kier alpha value is -3.09. The van der Waals surface area contributed by atoms with Crippen molar-refractivity contribution in [3.8, 4) is 11.3 Å². The first-order valence-corrected chi connectivity index (χ1v) is 7.64. The zero-order valence-corrected chi connectivity index (χ0v) is 13.4. The number of carbonyl (C=O) groups is 1. The maximum atomic E-state index is 13.7. The van der Waals surface area contributed by atoms with Crippen molar-refractivity contribution in [2.45, 2.75) is 19.8 Å². The van der Waals surface area contributed by atoms with Crippen LogP contribution in [0, 0.1) is 18.6 Å². The molecule has 2 heterocycles. The molecule has 7 heteroatoms. The van der Waals surface area contributed by atoms with Crippen molar-refractivity contribution in [1.82, 2.24) is 9.97 Å². The van der Waals surface area contributed by atoms with Crippen LogP contribution in [0.5, 0.6) is 0 Å². The van der Waals surface area contributed by atoms with Gasteiger partial charge in [-0.05, 0) is 30.7 Å². The summed E-state index contributed by atoms with van der Waals surface area (Å²) in [5, 5.41) is 2.66. The van der Waals surface area contributed by atoms with E-state index in [0.29, 0.717) is 5.82 Å². The molecule has 0 fully saturated rings. The van der Waals surface area contributed by atoms with Crippen LogP contribution in [-0.4, -0.2) is 15.9 Å². The molecule has 0 aliphatic rings. The lowest BCUT2D eigenvalue weighted by Gasteiger charge is -2.03. The molecule has 1 N–H and O–H groups in total. The minimum absolute atomic E-state index is 0.00814. The highest BCUT2D eigenvalue weighted by molar-refractivity contribution is 5.89. The zero-order valence-electron chi connectivity index (χ0n) is 13.4. The number of pyridine rings is 1. The van der Waals surface area contributed by atoms with E-state index in [1.165, 1.54) is 12.3 Å². The van der Waals surface area contributed by atoms with Crippen molar-refractivity contribution in [3.63, 3.8) is 0 Å². The average Bonchev–Trinajstić information content (AvgIpc) is 3.04. The smallest absolute Gasteiger partial charge is 0.226 e. The van der Waals surface area contributed by atoms with E-state index < -0.39 is 11.6 Å². The maximum absolute atomic E-state index is 13.7. The second kappa shape index (κ2) is 7.21. The van der Waals surface area contributed by atoms with E-state index >= 15 is 0 Å². The molecule has 0 aliphatic carbocycles. The Kier molecular flexibility index (Phi) is 4.83. The van der Waals surface area contributed by atoms with E-state index in [9.17, 15) is 13.6 Å². The second-order valence-electron chi connectivity index (χ2n) is 5.48. The third-order valence-corrected chi connectivity index (χ3v) is 3.51. The predicted molar refractivity (Wildman–Crippen MR) is 87.8 cm³/mol. The predicted octanol–water partition coefficient (Wildman–Crippen LogP) is 3.89. The van der Waals surface area contributed by atoms with Gasteiger partial charge in [0, 0.05) is 19.0 Å². The van der Waals surface area contributed by atoms with Gasteiger partial charge in [-0.3, -0.25) is 4.79 Å². The number of rotatable bonds is 5. The first kappa shape index (κ1) is 16.8. The number of nitrogens with one attached hydrogen (secondary N) is 1. The quantitative estimate of drug-likeness (QED) is 0.763. The van der Waals surface area contributed by atoms with Gasteiger partial charge in [-0.1, -0.05) is 12.1 Å². The number of hydrogen-bond donors (Lipinski definition) is 1. The summed E-state index contributed by atoms with van der Waals surface area (Å²) in [5.74, 6) is -1.04. The molecule has 1 amide bonds. The third-order valence-electron chi connectivity index (χ3n) is 3.51. The summed E-state index contributed by atoms with van der Waals surface area (Å²) < 4.78 is 32.8. The molecule has 0 unspecified atom stereocenters. The zero-order chi connectivity index (χ0) is 17.8. The number of aryl methyl sites for hydroxylation is 2. The van der Waals surface area contributed by atoms with E-state index in [2.05, 4.69) is 15.3 Å². The van der Waals surface area contributed by atoms with Gasteiger partial charge >= 0.3 is 0 Å². The summed E-state index contributed by atoms with van der Waals surface area (Å²) in [6, 6.07) is 7.10. The molecule has 0 saturated carbocycles. The van der Waals surface area contributed by atoms with Crippen LogP contribution in [0.2, 0.25) is 0 Å². The Labute approximate surface area is 142 Å². The molecular formula is C18H15F2N3O2. The third kappa shape index (κ3) is 4.06. The Morgan fingerprint density at radius 1 is 1.12 bits per heavy atom. The average molecular weight is 343 g/mol. The normalized spacial score (nSPS) is 10.7. The van der Waals surface area contributed by atoms with E-state index in [0.717, 1.165) is 17.7 Å². The number of benzene rings is 1. The minimum atomic E-state index is -0.731. The fraction of sp³-hybridized carbons (Fsp3) is 0.167. The van der Waals surface area contributed by atoms with E-state index in [1.54, 1.807) is 12.3 Å². The van der Waals surface area contributed by atoms with E-state index in [4.69, 9.17) is 4.42 Å². The standard InChI is InChI=1S/C18H15F2N3O2/c1-11-5-6-15(21-9-11)23-16(24)7-8-17-22-10-14(25-17)18-12(19)3-2-4-13(18)20/h2-6,9-10H,7-8H2,1H3,(H,21,23,24). The molecule has 0 saturated heterocycles. The lowest BCUT2D eigenvalue weighted by Crippen LogP contribution is -2.13. The Balaban J connectivity index is 1.62. The molecule has 3 aromatic rings. The van der Waals surface area contributed by atoms with Gasteiger partial charge in [-0.15, -0.1) is 0 Å². The van der Waals surface area contributed by atoms with Gasteiger partial charge in [0.15, 0.2) is 11.7 Å². The summed E-state index contributed by atoms with van der Waals surface area (Å²) in [4.78, 5) is 20.0. The Bertz CT molecular complexity index is 871. The molecule has 128 valence electrons. The summed E-state index contributed by atoms with van der Waals surface area (Å²) in [6.07, 6.45) is 3.21. The highest BCUT2D eigenvalue weighted by atomic mass is 19.1. The second-order valence-corrected chi connectivity index (χ2v) is 5.48. The monoisotopic (exact) mass is 343 g/mol. The van der Waals surface area contributed by atoms with Crippen LogP contribution in [0.15, 0.2) is 47.1 Å². The number of amides is 1. The summed E-state index contributed by atoms with van der Waals surface area (Å²) in [5.41, 5.74) is 0.722. The number of oxazole rings is 1. The summed E-state index contributed by atoms with van der Waals surface area (Å²) in [6.45, 7) is 1.90. The number of carbonyl (C=O) groups excluding carboxylic acids is 1. The van der Waals surface area contributed by atoms with Crippen LogP contribution >= 0.6 is 0 Å². The van der Waals surface area contributed by atoms with Gasteiger partial charge in [-0.2, -0.15) is 0 Å². The van der Waals surface area contributed by atoms with Gasteiger partial charge in [0.05, 0.1) is 11.8 Å². The number of nitrogens with zero attached hydrogens (tertiary/aromatic N) is 2. The van der Waals surface area contributed by atoms with Crippen LogP contribution in [0.1, 0.15) is 17.9 Å². The highest BCUT2D eigenvalue weighted by Gasteiger charge is 2.16. The largest absolute Gasteiger partial charge is 0.441 e. The fourth-order valence-corrected chi connectivity index (χ4v) is 2.24. The number of anilines is 1. The Morgan fingerprint density at radius 2 is 1.88 bits per heavy atom. The minimum Gasteiger partial charge on any atom is -0.441 e. The van der Waals surface area contributed by atoms with Crippen LogP contribution in [-0.2, 0) is 11.2 Å². The number of hydrogen-bond acceptors (Lipinski definition) is 4. The van der Waals surface area contributed by atoms with Gasteiger partial charge in [0.25, 0.3) is 0 Å². The van der Waals surface area contributed by atoms with E-state index in [-0.39, 0.29) is 36.0 Å². The van der Waals surface area contributed by atoms with Crippen LogP contribution in [0.3, 0.4) is 0 Å². The van der Waals surface area contributed by atoms with Crippen LogP contribution < -0.4 is 5.32 Å². The van der Waals surface area contributed by atoms with Gasteiger partial charge < -0.3 is 9.73 Å². The Morgan fingerprint density at radius 3 is 2.56 bits per heavy atom. The van der Waals surface area contributed by atoms with Crippen molar-refractivity contribution in [3.05, 3.63) is 65.8 Å². The lowest BCUT2D eigenvalue weighted by atomic mass is 10.1. The van der Waals surface area contributed by atoms with Gasteiger partial charge in [0.2, 0.25) is 5.91 Å². The van der Waals surface area contributed by atoms with Crippen molar-refractivity contribution < 1.29 is 18.0 Å². The van der Waals surface area contributed by atoms with Crippen LogP contribution in [0.4, 0.5) is 14.6 Å². The molecule has 25 heavy (non-hydrogen) atoms. The molecule has 3 rings (SSSR count). The van der Waals surface area contributed by atoms with Gasteiger partial charge in [-0.25, -0.2) is 18.7 Å². The van der Waals surface area contributed by atoms with Crippen molar-refractivity contribution in [2.24, 2.45) is 0 Å². The summed E-state index contributed by atoms with van der Waals surface area (Å²) in [7, 11) is 0. The maximum Gasteiger partial charge on any atom is 0.226 e. The van der Waals surface area contributed by atoms with Crippen molar-refractivity contribution in [2.75, 3.05) is 5.32 Å². The molecule has 0 aliphatic heterocycles. The molecule has 5 nitrogen and oxygen atoms in total. The molecule has 2 aromatic heterocycles. The molecule has 1 aromatic carbocycles. The summed E-state index contributed by atoms with van der Waals surface area (Å²) >= 11 is 0. The van der Waals surface area contributed by atoms with Crippen LogP contribution in [0.25, 0.3) is 11.3 Å². The van der Waals surface area contributed by atoms with Crippen molar-refractivity contribution >= 4 is 11.7 Å². The van der Waals surface area contributed by atoms with E-state index in [1.807, 2.05) is 13.0 Å². The molecule has 0 bridgehead atoms. The molecular weight excluding hydrogens is 328 g/mol. The lowest BCUT2D eigenvalue weighted by molar-refractivity contribution is -0.116.